The van der Waals surface area contributed by atoms with Crippen molar-refractivity contribution in [3.8, 4) is 22.3 Å². The summed E-state index contributed by atoms with van der Waals surface area (Å²) in [6.07, 6.45) is 2.06. The first-order chi connectivity index (χ1) is 19.8. The number of thiophene rings is 1. The Bertz CT molecular complexity index is 1630. The number of nitrogens with zero attached hydrogens (tertiary/aromatic N) is 2. The van der Waals surface area contributed by atoms with Gasteiger partial charge in [0, 0.05) is 58.0 Å². The fraction of sp³-hybridized carbons (Fsp3) is 0.290. The summed E-state index contributed by atoms with van der Waals surface area (Å²) in [5.41, 5.74) is 3.03. The molecule has 1 N–H and O–H groups in total. The molecule has 3 aromatic rings. The van der Waals surface area contributed by atoms with Crippen LogP contribution in [0, 0.1) is 17.8 Å². The molecule has 2 fully saturated rings. The zero-order valence-corrected chi connectivity index (χ0v) is 24.2. The lowest BCUT2D eigenvalue weighted by molar-refractivity contribution is -0.136. The van der Waals surface area contributed by atoms with Crippen LogP contribution in [0.15, 0.2) is 48.5 Å². The monoisotopic (exact) mass is 605 g/mol. The Morgan fingerprint density at radius 1 is 0.976 bits per heavy atom. The largest absolute Gasteiger partial charge is 0.338 e. The second-order valence-corrected chi connectivity index (χ2v) is 12.3. The number of hydrogen-bond donors (Lipinski definition) is 1. The Labute approximate surface area is 251 Å². The van der Waals surface area contributed by atoms with Crippen LogP contribution in [-0.4, -0.2) is 52.6 Å². The molecule has 208 valence electrons. The summed E-state index contributed by atoms with van der Waals surface area (Å²) in [5.74, 6) is 5.84. The van der Waals surface area contributed by atoms with Crippen LogP contribution in [0.5, 0.6) is 0 Å². The van der Waals surface area contributed by atoms with Crippen molar-refractivity contribution in [1.29, 1.82) is 0 Å². The number of rotatable bonds is 3. The number of amides is 4. The Morgan fingerprint density at radius 3 is 2.46 bits per heavy atom. The van der Waals surface area contributed by atoms with Crippen LogP contribution in [0.3, 0.4) is 0 Å². The summed E-state index contributed by atoms with van der Waals surface area (Å²) >= 11 is 13.7. The predicted octanol–water partition coefficient (Wildman–Crippen LogP) is 5.39. The van der Waals surface area contributed by atoms with Crippen molar-refractivity contribution in [3.05, 3.63) is 80.1 Å². The topological polar surface area (TPSA) is 86.8 Å². The van der Waals surface area contributed by atoms with E-state index < -0.39 is 11.9 Å². The van der Waals surface area contributed by atoms with Crippen molar-refractivity contribution in [2.45, 2.75) is 38.3 Å². The van der Waals surface area contributed by atoms with Crippen LogP contribution < -0.4 is 5.32 Å². The molecule has 1 unspecified atom stereocenters. The molecule has 0 aliphatic carbocycles. The van der Waals surface area contributed by atoms with Crippen LogP contribution in [0.25, 0.3) is 10.4 Å². The number of fused-ring (bicyclic) bond motifs is 1. The van der Waals surface area contributed by atoms with Crippen molar-refractivity contribution < 1.29 is 19.2 Å². The van der Waals surface area contributed by atoms with E-state index >= 15 is 0 Å². The van der Waals surface area contributed by atoms with Crippen molar-refractivity contribution in [1.82, 2.24) is 15.1 Å². The van der Waals surface area contributed by atoms with Crippen molar-refractivity contribution in [2.75, 3.05) is 13.1 Å². The van der Waals surface area contributed by atoms with Gasteiger partial charge < -0.3 is 9.80 Å². The summed E-state index contributed by atoms with van der Waals surface area (Å²) < 4.78 is 0. The van der Waals surface area contributed by atoms with Gasteiger partial charge in [0.05, 0.1) is 4.88 Å². The van der Waals surface area contributed by atoms with Crippen molar-refractivity contribution in [2.24, 2.45) is 5.92 Å². The lowest BCUT2D eigenvalue weighted by Crippen LogP contribution is -2.52. The first-order valence-corrected chi connectivity index (χ1v) is 15.0. The number of hydrogen-bond acceptors (Lipinski definition) is 5. The van der Waals surface area contributed by atoms with E-state index in [4.69, 9.17) is 23.2 Å². The SMILES string of the molecule is O=C1CCC(N2Cc3c(C#CC4CCN(C(=O)c5ccc(-c6cc(Cl)cc(Cl)c6)s5)CC4)cccc3C2=O)C(=O)N1. The highest BCUT2D eigenvalue weighted by Crippen LogP contribution is 2.34. The van der Waals surface area contributed by atoms with E-state index in [0.29, 0.717) is 46.5 Å². The molecule has 4 heterocycles. The molecule has 3 aliphatic rings. The fourth-order valence-electron chi connectivity index (χ4n) is 5.57. The molecular formula is C31H25Cl2N3O4S. The van der Waals surface area contributed by atoms with Crippen LogP contribution in [0.4, 0.5) is 0 Å². The summed E-state index contributed by atoms with van der Waals surface area (Å²) in [4.78, 5) is 55.2. The first-order valence-electron chi connectivity index (χ1n) is 13.4. The van der Waals surface area contributed by atoms with E-state index in [1.807, 2.05) is 41.3 Å². The summed E-state index contributed by atoms with van der Waals surface area (Å²) in [6, 6.07) is 13.9. The van der Waals surface area contributed by atoms with E-state index in [1.165, 1.54) is 11.3 Å². The third-order valence-corrected chi connectivity index (χ3v) is 9.30. The highest BCUT2D eigenvalue weighted by molar-refractivity contribution is 7.17. The molecule has 1 atom stereocenters. The van der Waals surface area contributed by atoms with Gasteiger partial charge in [-0.15, -0.1) is 11.3 Å². The number of nitrogens with one attached hydrogen (secondary N) is 1. The lowest BCUT2D eigenvalue weighted by atomic mass is 9.96. The first kappa shape index (κ1) is 27.5. The van der Waals surface area contributed by atoms with E-state index in [2.05, 4.69) is 17.2 Å². The molecule has 10 heteroatoms. The van der Waals surface area contributed by atoms with Gasteiger partial charge in [-0.2, -0.15) is 0 Å². The Kier molecular flexibility index (Phi) is 7.60. The third-order valence-electron chi connectivity index (χ3n) is 7.74. The molecule has 2 saturated heterocycles. The third kappa shape index (κ3) is 5.62. The average molecular weight is 607 g/mol. The molecule has 0 bridgehead atoms. The van der Waals surface area contributed by atoms with Crippen LogP contribution in [0.1, 0.15) is 56.8 Å². The molecule has 0 saturated carbocycles. The zero-order chi connectivity index (χ0) is 28.7. The van der Waals surface area contributed by atoms with Gasteiger partial charge in [0.2, 0.25) is 11.8 Å². The van der Waals surface area contributed by atoms with Crippen LogP contribution in [0.2, 0.25) is 10.0 Å². The summed E-state index contributed by atoms with van der Waals surface area (Å²) in [7, 11) is 0. The normalized spacial score (nSPS) is 19.1. The molecule has 0 radical (unpaired) electrons. The summed E-state index contributed by atoms with van der Waals surface area (Å²) in [6.45, 7) is 1.52. The van der Waals surface area contributed by atoms with Gasteiger partial charge in [-0.25, -0.2) is 0 Å². The molecule has 1 aromatic heterocycles. The molecule has 41 heavy (non-hydrogen) atoms. The molecule has 6 rings (SSSR count). The number of carbonyl (C=O) groups is 4. The smallest absolute Gasteiger partial charge is 0.263 e. The van der Waals surface area contributed by atoms with Gasteiger partial charge in [-0.05, 0) is 72.9 Å². The standard InChI is InChI=1S/C31H25Cl2N3O4S/c32-21-14-20(15-22(33)16-21)26-7-8-27(41-26)31(40)35-12-10-18(11-13-35)4-5-19-2-1-3-23-24(19)17-36(30(23)39)25-6-9-28(37)34-29(25)38/h1-3,7-8,14-16,18,25H,6,9-13,17H2,(H,34,37,38). The highest BCUT2D eigenvalue weighted by Gasteiger charge is 2.39. The maximum absolute atomic E-state index is 13.2. The lowest BCUT2D eigenvalue weighted by Gasteiger charge is -2.29. The van der Waals surface area contributed by atoms with Crippen LogP contribution in [-0.2, 0) is 16.1 Å². The minimum atomic E-state index is -0.655. The second kappa shape index (κ2) is 11.3. The molecule has 3 aliphatic heterocycles. The Balaban J connectivity index is 1.09. The maximum atomic E-state index is 13.2. The van der Waals surface area contributed by atoms with E-state index in [0.717, 1.165) is 34.4 Å². The molecule has 7 nitrogen and oxygen atoms in total. The van der Waals surface area contributed by atoms with Gasteiger partial charge in [-0.3, -0.25) is 24.5 Å². The van der Waals surface area contributed by atoms with E-state index in [9.17, 15) is 19.2 Å². The number of benzene rings is 2. The van der Waals surface area contributed by atoms with Crippen LogP contribution >= 0.6 is 34.5 Å². The minimum absolute atomic E-state index is 0.00807. The zero-order valence-electron chi connectivity index (χ0n) is 21.9. The average Bonchev–Trinajstić information content (AvgIpc) is 3.57. The van der Waals surface area contributed by atoms with E-state index in [-0.39, 0.29) is 30.1 Å². The Hall–Kier alpha value is -3.64. The van der Waals surface area contributed by atoms with Gasteiger partial charge in [0.1, 0.15) is 6.04 Å². The van der Waals surface area contributed by atoms with Gasteiger partial charge >= 0.3 is 0 Å². The van der Waals surface area contributed by atoms with Crippen molar-refractivity contribution >= 4 is 58.2 Å². The molecule has 4 amide bonds. The highest BCUT2D eigenvalue weighted by atomic mass is 35.5. The van der Waals surface area contributed by atoms with Crippen molar-refractivity contribution in [3.63, 3.8) is 0 Å². The molecule has 2 aromatic carbocycles. The van der Waals surface area contributed by atoms with E-state index in [1.54, 1.807) is 17.0 Å². The van der Waals surface area contributed by atoms with Gasteiger partial charge in [0.25, 0.3) is 11.8 Å². The number of likely N-dealkylation sites (tertiary alicyclic amines) is 1. The molecular weight excluding hydrogens is 581 g/mol. The van der Waals surface area contributed by atoms with Gasteiger partial charge in [-0.1, -0.05) is 41.1 Å². The fourth-order valence-corrected chi connectivity index (χ4v) is 7.06. The Morgan fingerprint density at radius 2 is 1.73 bits per heavy atom. The number of imide groups is 1. The number of carbonyl (C=O) groups excluding carboxylic acids is 4. The number of piperidine rings is 2. The summed E-state index contributed by atoms with van der Waals surface area (Å²) in [5, 5.41) is 3.44. The quantitative estimate of drug-likeness (QED) is 0.320. The van der Waals surface area contributed by atoms with Gasteiger partial charge in [0.15, 0.2) is 0 Å². The predicted molar refractivity (Wildman–Crippen MR) is 158 cm³/mol. The molecule has 0 spiro atoms. The minimum Gasteiger partial charge on any atom is -0.338 e. The number of halogens is 2. The second-order valence-electron chi connectivity index (χ2n) is 10.4. The maximum Gasteiger partial charge on any atom is 0.263 e.